The zero-order valence-corrected chi connectivity index (χ0v) is 11.2. The summed E-state index contributed by atoms with van der Waals surface area (Å²) < 4.78 is 26.3. The molecule has 2 N–H and O–H groups in total. The van der Waals surface area contributed by atoms with Gasteiger partial charge < -0.3 is 5.73 Å². The van der Waals surface area contributed by atoms with Crippen LogP contribution in [0.3, 0.4) is 0 Å². The Morgan fingerprint density at radius 2 is 2.28 bits per heavy atom. The Labute approximate surface area is 107 Å². The molecule has 0 aliphatic carbocycles. The summed E-state index contributed by atoms with van der Waals surface area (Å²) in [7, 11) is -3.40. The van der Waals surface area contributed by atoms with Gasteiger partial charge in [-0.3, -0.25) is 9.97 Å². The van der Waals surface area contributed by atoms with Crippen LogP contribution in [0.15, 0.2) is 18.6 Å². The third kappa shape index (κ3) is 2.68. The van der Waals surface area contributed by atoms with Gasteiger partial charge in [-0.25, -0.2) is 8.42 Å². The van der Waals surface area contributed by atoms with Crippen molar-refractivity contribution >= 4 is 10.0 Å². The molecule has 0 radical (unpaired) electrons. The SMILES string of the molecule is CC(c1cnccn1)S(=O)(=O)N1CCCC(N)C1. The lowest BCUT2D eigenvalue weighted by molar-refractivity contribution is 0.313. The molecule has 0 saturated carbocycles. The van der Waals surface area contributed by atoms with Gasteiger partial charge in [0.15, 0.2) is 0 Å². The normalized spacial score (nSPS) is 23.8. The van der Waals surface area contributed by atoms with Crippen molar-refractivity contribution in [1.29, 1.82) is 0 Å². The number of rotatable bonds is 3. The molecule has 7 heteroatoms. The topological polar surface area (TPSA) is 89.2 Å². The largest absolute Gasteiger partial charge is 0.327 e. The van der Waals surface area contributed by atoms with Crippen molar-refractivity contribution in [1.82, 2.24) is 14.3 Å². The van der Waals surface area contributed by atoms with E-state index < -0.39 is 15.3 Å². The maximum absolute atomic E-state index is 12.4. The van der Waals surface area contributed by atoms with Crippen LogP contribution < -0.4 is 5.73 Å². The minimum atomic E-state index is -3.40. The predicted molar refractivity (Wildman–Crippen MR) is 68.1 cm³/mol. The second-order valence-electron chi connectivity index (χ2n) is 4.58. The lowest BCUT2D eigenvalue weighted by atomic mass is 10.1. The van der Waals surface area contributed by atoms with Crippen molar-refractivity contribution in [3.05, 3.63) is 24.3 Å². The van der Waals surface area contributed by atoms with Crippen molar-refractivity contribution in [2.45, 2.75) is 31.1 Å². The van der Waals surface area contributed by atoms with Gasteiger partial charge in [0, 0.05) is 37.7 Å². The van der Waals surface area contributed by atoms with Crippen molar-refractivity contribution in [3.8, 4) is 0 Å². The average molecular weight is 270 g/mol. The summed E-state index contributed by atoms with van der Waals surface area (Å²) in [5.74, 6) is 0. The first-order chi connectivity index (χ1) is 8.51. The number of aromatic nitrogens is 2. The van der Waals surface area contributed by atoms with Gasteiger partial charge >= 0.3 is 0 Å². The Kier molecular flexibility index (Phi) is 3.94. The zero-order chi connectivity index (χ0) is 13.2. The molecule has 0 amide bonds. The van der Waals surface area contributed by atoms with Crippen molar-refractivity contribution in [2.24, 2.45) is 5.73 Å². The van der Waals surface area contributed by atoms with Crippen molar-refractivity contribution in [2.75, 3.05) is 13.1 Å². The van der Waals surface area contributed by atoms with E-state index in [9.17, 15) is 8.42 Å². The fraction of sp³-hybridized carbons (Fsp3) is 0.636. The van der Waals surface area contributed by atoms with Crippen molar-refractivity contribution < 1.29 is 8.42 Å². The fourth-order valence-electron chi connectivity index (χ4n) is 2.10. The van der Waals surface area contributed by atoms with E-state index in [1.807, 2.05) is 0 Å². The summed E-state index contributed by atoms with van der Waals surface area (Å²) in [6.07, 6.45) is 6.22. The molecule has 2 rings (SSSR count). The van der Waals surface area contributed by atoms with Gasteiger partial charge in [0.25, 0.3) is 0 Å². The highest BCUT2D eigenvalue weighted by Crippen LogP contribution is 2.25. The van der Waals surface area contributed by atoms with Gasteiger partial charge in [-0.05, 0) is 19.8 Å². The van der Waals surface area contributed by atoms with Gasteiger partial charge in [-0.15, -0.1) is 0 Å². The monoisotopic (exact) mass is 270 g/mol. The van der Waals surface area contributed by atoms with E-state index in [0.717, 1.165) is 12.8 Å². The third-order valence-corrected chi connectivity index (χ3v) is 5.41. The van der Waals surface area contributed by atoms with Gasteiger partial charge in [-0.2, -0.15) is 4.31 Å². The van der Waals surface area contributed by atoms with E-state index in [-0.39, 0.29) is 6.04 Å². The summed E-state index contributed by atoms with van der Waals surface area (Å²) >= 11 is 0. The molecular formula is C11H18N4O2S. The molecular weight excluding hydrogens is 252 g/mol. The highest BCUT2D eigenvalue weighted by atomic mass is 32.2. The molecule has 6 nitrogen and oxygen atoms in total. The van der Waals surface area contributed by atoms with Crippen LogP contribution >= 0.6 is 0 Å². The zero-order valence-electron chi connectivity index (χ0n) is 10.4. The van der Waals surface area contributed by atoms with E-state index in [4.69, 9.17) is 5.73 Å². The van der Waals surface area contributed by atoms with E-state index in [0.29, 0.717) is 18.8 Å². The first kappa shape index (κ1) is 13.4. The number of hydrogen-bond donors (Lipinski definition) is 1. The molecule has 0 aromatic carbocycles. The second-order valence-corrected chi connectivity index (χ2v) is 6.83. The lowest BCUT2D eigenvalue weighted by Gasteiger charge is -2.31. The Bertz CT molecular complexity index is 491. The van der Waals surface area contributed by atoms with Crippen LogP contribution in [-0.4, -0.2) is 41.8 Å². The predicted octanol–water partition coefficient (Wildman–Crippen LogP) is 0.291. The number of nitrogens with zero attached hydrogens (tertiary/aromatic N) is 3. The highest BCUT2D eigenvalue weighted by Gasteiger charge is 2.33. The quantitative estimate of drug-likeness (QED) is 0.852. The van der Waals surface area contributed by atoms with Gasteiger partial charge in [0.1, 0.15) is 5.25 Å². The Morgan fingerprint density at radius 1 is 1.50 bits per heavy atom. The number of sulfonamides is 1. The first-order valence-corrected chi connectivity index (χ1v) is 7.52. The van der Waals surface area contributed by atoms with E-state index in [2.05, 4.69) is 9.97 Å². The molecule has 1 aliphatic rings. The van der Waals surface area contributed by atoms with Crippen LogP contribution in [0, 0.1) is 0 Å². The van der Waals surface area contributed by atoms with Crippen molar-refractivity contribution in [3.63, 3.8) is 0 Å². The van der Waals surface area contributed by atoms with Crippen LogP contribution in [0.4, 0.5) is 0 Å². The molecule has 1 aromatic rings. The summed E-state index contributed by atoms with van der Waals surface area (Å²) in [6.45, 7) is 2.58. The lowest BCUT2D eigenvalue weighted by Crippen LogP contribution is -2.46. The Hall–Kier alpha value is -1.05. The standard InChI is InChI=1S/C11H18N4O2S/c1-9(11-7-13-4-5-14-11)18(16,17)15-6-2-3-10(12)8-15/h4-5,7,9-10H,2-3,6,8,12H2,1H3. The van der Waals surface area contributed by atoms with Crippen LogP contribution in [0.5, 0.6) is 0 Å². The smallest absolute Gasteiger partial charge is 0.222 e. The van der Waals surface area contributed by atoms with Crippen LogP contribution in [0.25, 0.3) is 0 Å². The fourth-order valence-corrected chi connectivity index (χ4v) is 3.76. The summed E-state index contributed by atoms with van der Waals surface area (Å²) in [5, 5.41) is -0.684. The number of hydrogen-bond acceptors (Lipinski definition) is 5. The highest BCUT2D eigenvalue weighted by molar-refractivity contribution is 7.89. The molecule has 2 unspecified atom stereocenters. The number of nitrogens with two attached hydrogens (primary N) is 1. The molecule has 0 spiro atoms. The molecule has 1 saturated heterocycles. The van der Waals surface area contributed by atoms with Crippen LogP contribution in [0.2, 0.25) is 0 Å². The summed E-state index contributed by atoms with van der Waals surface area (Å²) in [5.41, 5.74) is 6.30. The Morgan fingerprint density at radius 3 is 2.89 bits per heavy atom. The maximum atomic E-state index is 12.4. The van der Waals surface area contributed by atoms with E-state index in [1.165, 1.54) is 22.9 Å². The first-order valence-electron chi connectivity index (χ1n) is 6.02. The molecule has 18 heavy (non-hydrogen) atoms. The maximum Gasteiger partial charge on any atom is 0.222 e. The van der Waals surface area contributed by atoms with Gasteiger partial charge in [-0.1, -0.05) is 0 Å². The molecule has 1 aliphatic heterocycles. The van der Waals surface area contributed by atoms with Crippen LogP contribution in [0.1, 0.15) is 30.7 Å². The Balaban J connectivity index is 2.20. The second kappa shape index (κ2) is 5.29. The minimum Gasteiger partial charge on any atom is -0.327 e. The van der Waals surface area contributed by atoms with Gasteiger partial charge in [0.2, 0.25) is 10.0 Å². The molecule has 0 bridgehead atoms. The molecule has 1 fully saturated rings. The molecule has 2 atom stereocenters. The summed E-state index contributed by atoms with van der Waals surface area (Å²) in [6, 6.07) is -0.0671. The average Bonchev–Trinajstić information content (AvgIpc) is 2.39. The van der Waals surface area contributed by atoms with E-state index in [1.54, 1.807) is 6.92 Å². The van der Waals surface area contributed by atoms with Crippen LogP contribution in [-0.2, 0) is 10.0 Å². The third-order valence-electron chi connectivity index (χ3n) is 3.23. The number of piperidine rings is 1. The molecule has 2 heterocycles. The van der Waals surface area contributed by atoms with E-state index >= 15 is 0 Å². The molecule has 100 valence electrons. The molecule has 1 aromatic heterocycles. The minimum absolute atomic E-state index is 0.0671. The van der Waals surface area contributed by atoms with Gasteiger partial charge in [0.05, 0.1) is 5.69 Å². The summed E-state index contributed by atoms with van der Waals surface area (Å²) in [4.78, 5) is 7.97.